The first-order chi connectivity index (χ1) is 12.2. The van der Waals surface area contributed by atoms with Gasteiger partial charge >= 0.3 is 5.69 Å². The Morgan fingerprint density at radius 2 is 1.48 bits per heavy atom. The zero-order chi connectivity index (χ0) is 17.5. The molecule has 6 heteroatoms. The van der Waals surface area contributed by atoms with Crippen LogP contribution in [0.1, 0.15) is 5.56 Å². The SMILES string of the molecule is O=[N+]([O-])c1ccccc1Oc1ccccc1CNNc1ccccc1. The van der Waals surface area contributed by atoms with E-state index >= 15 is 0 Å². The van der Waals surface area contributed by atoms with Crippen LogP contribution in [0.25, 0.3) is 0 Å². The minimum atomic E-state index is -0.451. The lowest BCUT2D eigenvalue weighted by molar-refractivity contribution is -0.385. The van der Waals surface area contributed by atoms with Gasteiger partial charge in [-0.25, -0.2) is 5.43 Å². The van der Waals surface area contributed by atoms with Crippen LogP contribution in [0.5, 0.6) is 11.5 Å². The highest BCUT2D eigenvalue weighted by Gasteiger charge is 2.15. The summed E-state index contributed by atoms with van der Waals surface area (Å²) in [5.74, 6) is 0.787. The van der Waals surface area contributed by atoms with E-state index < -0.39 is 4.92 Å². The molecular weight excluding hydrogens is 318 g/mol. The fraction of sp³-hybridized carbons (Fsp3) is 0.0526. The Balaban J connectivity index is 1.72. The number of rotatable bonds is 7. The summed E-state index contributed by atoms with van der Waals surface area (Å²) in [5.41, 5.74) is 7.98. The van der Waals surface area contributed by atoms with Gasteiger partial charge in [-0.15, -0.1) is 0 Å². The average molecular weight is 335 g/mol. The second-order valence-electron chi connectivity index (χ2n) is 5.28. The molecule has 2 N–H and O–H groups in total. The smallest absolute Gasteiger partial charge is 0.311 e. The van der Waals surface area contributed by atoms with Crippen LogP contribution in [0.4, 0.5) is 11.4 Å². The topological polar surface area (TPSA) is 76.4 Å². The molecule has 0 bridgehead atoms. The van der Waals surface area contributed by atoms with Crippen molar-refractivity contribution < 1.29 is 9.66 Å². The van der Waals surface area contributed by atoms with Gasteiger partial charge in [0.25, 0.3) is 0 Å². The Kier molecular flexibility index (Phi) is 5.23. The van der Waals surface area contributed by atoms with Crippen LogP contribution in [-0.4, -0.2) is 4.92 Å². The van der Waals surface area contributed by atoms with Gasteiger partial charge < -0.3 is 10.2 Å². The van der Waals surface area contributed by atoms with Crippen molar-refractivity contribution in [3.63, 3.8) is 0 Å². The Morgan fingerprint density at radius 1 is 0.840 bits per heavy atom. The number of nitro groups is 1. The van der Waals surface area contributed by atoms with E-state index in [0.29, 0.717) is 12.3 Å². The molecule has 0 amide bonds. The Hall–Kier alpha value is -3.38. The summed E-state index contributed by atoms with van der Waals surface area (Å²) in [6.45, 7) is 0.492. The maximum atomic E-state index is 11.1. The molecule has 6 nitrogen and oxygen atoms in total. The number of nitrogens with one attached hydrogen (secondary N) is 2. The Bertz CT molecular complexity index is 853. The third-order valence-corrected chi connectivity index (χ3v) is 3.54. The van der Waals surface area contributed by atoms with Gasteiger partial charge in [0.15, 0.2) is 0 Å². The fourth-order valence-electron chi connectivity index (χ4n) is 2.33. The highest BCUT2D eigenvalue weighted by molar-refractivity contribution is 5.49. The lowest BCUT2D eigenvalue weighted by Crippen LogP contribution is -2.21. The number of hydrazine groups is 1. The maximum absolute atomic E-state index is 11.1. The molecule has 0 unspecified atom stereocenters. The van der Waals surface area contributed by atoms with E-state index in [-0.39, 0.29) is 11.4 Å². The average Bonchev–Trinajstić information content (AvgIpc) is 2.64. The van der Waals surface area contributed by atoms with E-state index in [2.05, 4.69) is 10.9 Å². The van der Waals surface area contributed by atoms with E-state index in [9.17, 15) is 10.1 Å². The van der Waals surface area contributed by atoms with Crippen LogP contribution in [0.15, 0.2) is 78.9 Å². The highest BCUT2D eigenvalue weighted by atomic mass is 16.6. The van der Waals surface area contributed by atoms with Gasteiger partial charge in [-0.1, -0.05) is 48.5 Å². The van der Waals surface area contributed by atoms with Crippen molar-refractivity contribution in [2.45, 2.75) is 6.54 Å². The molecular formula is C19H17N3O3. The van der Waals surface area contributed by atoms with E-state index in [4.69, 9.17) is 4.74 Å². The summed E-state index contributed by atoms with van der Waals surface area (Å²) in [4.78, 5) is 10.7. The van der Waals surface area contributed by atoms with Crippen LogP contribution < -0.4 is 15.6 Å². The van der Waals surface area contributed by atoms with E-state index in [0.717, 1.165) is 11.3 Å². The molecule has 0 saturated carbocycles. The lowest BCUT2D eigenvalue weighted by Gasteiger charge is -2.13. The Labute approximate surface area is 145 Å². The molecule has 0 atom stereocenters. The molecule has 0 radical (unpaired) electrons. The first-order valence-corrected chi connectivity index (χ1v) is 7.77. The highest BCUT2D eigenvalue weighted by Crippen LogP contribution is 2.32. The largest absolute Gasteiger partial charge is 0.450 e. The zero-order valence-corrected chi connectivity index (χ0v) is 13.4. The van der Waals surface area contributed by atoms with Crippen molar-refractivity contribution in [1.82, 2.24) is 5.43 Å². The van der Waals surface area contributed by atoms with Gasteiger partial charge in [0.05, 0.1) is 4.92 Å². The predicted molar refractivity (Wildman–Crippen MR) is 96.5 cm³/mol. The normalized spacial score (nSPS) is 10.2. The molecule has 25 heavy (non-hydrogen) atoms. The molecule has 3 aromatic rings. The molecule has 0 aliphatic rings. The first-order valence-electron chi connectivity index (χ1n) is 7.77. The molecule has 3 rings (SSSR count). The molecule has 0 aromatic heterocycles. The van der Waals surface area contributed by atoms with Gasteiger partial charge in [-0.05, 0) is 24.3 Å². The van der Waals surface area contributed by atoms with Crippen molar-refractivity contribution >= 4 is 11.4 Å². The monoisotopic (exact) mass is 335 g/mol. The fourth-order valence-corrected chi connectivity index (χ4v) is 2.33. The number of para-hydroxylation sites is 4. The van der Waals surface area contributed by atoms with E-state index in [1.54, 1.807) is 24.3 Å². The second kappa shape index (κ2) is 7.94. The summed E-state index contributed by atoms with van der Waals surface area (Å²) in [5, 5.41) is 11.1. The summed E-state index contributed by atoms with van der Waals surface area (Å²) >= 11 is 0. The van der Waals surface area contributed by atoms with Gasteiger partial charge in [0, 0.05) is 23.9 Å². The molecule has 126 valence electrons. The van der Waals surface area contributed by atoms with Crippen molar-refractivity contribution in [2.75, 3.05) is 5.43 Å². The third kappa shape index (κ3) is 4.33. The second-order valence-corrected chi connectivity index (χ2v) is 5.28. The summed E-state index contributed by atoms with van der Waals surface area (Å²) in [7, 11) is 0. The van der Waals surface area contributed by atoms with Crippen LogP contribution in [0.2, 0.25) is 0 Å². The van der Waals surface area contributed by atoms with Crippen LogP contribution in [0.3, 0.4) is 0 Å². The molecule has 0 fully saturated rings. The minimum Gasteiger partial charge on any atom is -0.450 e. The molecule has 0 aliphatic carbocycles. The molecule has 0 heterocycles. The van der Waals surface area contributed by atoms with Crippen molar-refractivity contribution in [3.05, 3.63) is 94.5 Å². The van der Waals surface area contributed by atoms with Gasteiger partial charge in [-0.3, -0.25) is 10.1 Å². The quantitative estimate of drug-likeness (QED) is 0.491. The number of hydrogen-bond donors (Lipinski definition) is 2. The number of hydrogen-bond acceptors (Lipinski definition) is 5. The van der Waals surface area contributed by atoms with Crippen LogP contribution in [0, 0.1) is 10.1 Å². The zero-order valence-electron chi connectivity index (χ0n) is 13.4. The lowest BCUT2D eigenvalue weighted by atomic mass is 10.2. The van der Waals surface area contributed by atoms with E-state index in [1.807, 2.05) is 48.5 Å². The predicted octanol–water partition coefficient (Wildman–Crippen LogP) is 4.50. The molecule has 0 aliphatic heterocycles. The number of nitro benzene ring substituents is 1. The standard InChI is InChI=1S/C19H17N3O3/c23-22(24)17-11-5-7-13-19(17)25-18-12-6-4-8-15(18)14-20-21-16-9-2-1-3-10-16/h1-13,20-21H,14H2. The van der Waals surface area contributed by atoms with Gasteiger partial charge in [0.1, 0.15) is 5.75 Å². The number of benzene rings is 3. The molecule has 3 aromatic carbocycles. The van der Waals surface area contributed by atoms with Crippen LogP contribution >= 0.6 is 0 Å². The summed E-state index contributed by atoms with van der Waals surface area (Å²) in [6.07, 6.45) is 0. The number of ether oxygens (including phenoxy) is 1. The summed E-state index contributed by atoms with van der Waals surface area (Å²) < 4.78 is 5.80. The minimum absolute atomic E-state index is 0.0623. The van der Waals surface area contributed by atoms with E-state index in [1.165, 1.54) is 6.07 Å². The summed E-state index contributed by atoms with van der Waals surface area (Å²) in [6, 6.07) is 23.5. The molecule has 0 saturated heterocycles. The van der Waals surface area contributed by atoms with Crippen molar-refractivity contribution in [3.8, 4) is 11.5 Å². The maximum Gasteiger partial charge on any atom is 0.311 e. The Morgan fingerprint density at radius 3 is 2.24 bits per heavy atom. The third-order valence-electron chi connectivity index (χ3n) is 3.54. The first kappa shape index (κ1) is 16.5. The molecule has 0 spiro atoms. The van der Waals surface area contributed by atoms with Crippen molar-refractivity contribution in [2.24, 2.45) is 0 Å². The van der Waals surface area contributed by atoms with Gasteiger partial charge in [-0.2, -0.15) is 0 Å². The van der Waals surface area contributed by atoms with Crippen LogP contribution in [-0.2, 0) is 6.54 Å². The number of anilines is 1. The number of nitrogens with zero attached hydrogens (tertiary/aromatic N) is 1. The van der Waals surface area contributed by atoms with Gasteiger partial charge in [0.2, 0.25) is 5.75 Å². The van der Waals surface area contributed by atoms with Crippen molar-refractivity contribution in [1.29, 1.82) is 0 Å².